The predicted octanol–water partition coefficient (Wildman–Crippen LogP) is 1.72. The van der Waals surface area contributed by atoms with Crippen molar-refractivity contribution in [3.63, 3.8) is 0 Å². The summed E-state index contributed by atoms with van der Waals surface area (Å²) < 4.78 is 10.6. The maximum Gasteiger partial charge on any atom is 0.249 e. The third-order valence-electron chi connectivity index (χ3n) is 6.45. The number of carbonyl (C=O) groups excluding carboxylic acids is 2. The third kappa shape index (κ3) is 3.53. The van der Waals surface area contributed by atoms with Gasteiger partial charge in [-0.1, -0.05) is 0 Å². The van der Waals surface area contributed by atoms with E-state index in [1.165, 1.54) is 0 Å². The molecule has 1 heterocycles. The molecule has 1 aromatic rings. The third-order valence-corrected chi connectivity index (χ3v) is 6.45. The average molecular weight is 410 g/mol. The molecule has 0 spiro atoms. The highest BCUT2D eigenvalue weighted by molar-refractivity contribution is 6.01. The first-order chi connectivity index (χ1) is 13.0. The molecular weight excluding hydrogens is 382 g/mol. The molecule has 3 N–H and O–H groups in total. The second-order valence-corrected chi connectivity index (χ2v) is 7.85. The number of anilines is 1. The minimum absolute atomic E-state index is 0. The lowest BCUT2D eigenvalue weighted by Crippen LogP contribution is -2.50. The fourth-order valence-electron chi connectivity index (χ4n) is 5.01. The Morgan fingerprint density at radius 2 is 1.75 bits per heavy atom. The molecule has 2 saturated carbocycles. The Kier molecular flexibility index (Phi) is 6.05. The summed E-state index contributed by atoms with van der Waals surface area (Å²) in [7, 11) is 3.15. The van der Waals surface area contributed by atoms with Crippen molar-refractivity contribution in [2.75, 3.05) is 25.7 Å². The van der Waals surface area contributed by atoms with Gasteiger partial charge in [-0.25, -0.2) is 0 Å². The van der Waals surface area contributed by atoms with Crippen LogP contribution in [0.2, 0.25) is 0 Å². The molecule has 0 radical (unpaired) electrons. The number of hydrogen-bond donors (Lipinski definition) is 2. The van der Waals surface area contributed by atoms with E-state index >= 15 is 0 Å². The zero-order valence-corrected chi connectivity index (χ0v) is 17.0. The number of carbonyl (C=O) groups is 2. The van der Waals surface area contributed by atoms with Crippen LogP contribution in [0.3, 0.4) is 0 Å². The van der Waals surface area contributed by atoms with Gasteiger partial charge in [0, 0.05) is 30.8 Å². The van der Waals surface area contributed by atoms with Crippen LogP contribution in [0.15, 0.2) is 18.2 Å². The molecule has 3 aliphatic rings. The maximum absolute atomic E-state index is 12.9. The van der Waals surface area contributed by atoms with Gasteiger partial charge >= 0.3 is 0 Å². The standard InChI is InChI=1S/C20H27N3O4.ClH/c1-26-14-8-13(9-15(10-14)27-2)23-6-5-16(20(23)25)22-19(24)17-11-3-4-12(7-11)18(17)21;/h8-12,16-18H,3-7,21H2,1-2H3,(H,22,24);1H. The van der Waals surface area contributed by atoms with E-state index in [1.807, 2.05) is 0 Å². The normalized spacial score (nSPS) is 30.9. The summed E-state index contributed by atoms with van der Waals surface area (Å²) in [6, 6.07) is 4.80. The van der Waals surface area contributed by atoms with Crippen LogP contribution >= 0.6 is 12.4 Å². The van der Waals surface area contributed by atoms with E-state index in [2.05, 4.69) is 5.32 Å². The predicted molar refractivity (Wildman–Crippen MR) is 108 cm³/mol. The van der Waals surface area contributed by atoms with Crippen LogP contribution in [-0.2, 0) is 9.59 Å². The molecule has 1 saturated heterocycles. The van der Waals surface area contributed by atoms with Crippen molar-refractivity contribution >= 4 is 29.9 Å². The molecule has 8 heteroatoms. The van der Waals surface area contributed by atoms with Crippen molar-refractivity contribution in [3.8, 4) is 11.5 Å². The van der Waals surface area contributed by atoms with E-state index in [1.54, 1.807) is 37.3 Å². The van der Waals surface area contributed by atoms with Crippen LogP contribution in [0.5, 0.6) is 11.5 Å². The van der Waals surface area contributed by atoms with Gasteiger partial charge in [0.2, 0.25) is 11.8 Å². The van der Waals surface area contributed by atoms with Gasteiger partial charge in [0.05, 0.1) is 25.8 Å². The molecule has 5 unspecified atom stereocenters. The second-order valence-electron chi connectivity index (χ2n) is 7.85. The number of nitrogens with zero attached hydrogens (tertiary/aromatic N) is 1. The van der Waals surface area contributed by atoms with Crippen LogP contribution < -0.4 is 25.4 Å². The molecule has 1 aromatic carbocycles. The van der Waals surface area contributed by atoms with Crippen molar-refractivity contribution in [1.82, 2.24) is 5.32 Å². The number of nitrogens with two attached hydrogens (primary N) is 1. The Balaban J connectivity index is 0.00000225. The summed E-state index contributed by atoms with van der Waals surface area (Å²) in [5.74, 6) is 1.78. The second kappa shape index (κ2) is 8.17. The Labute approximate surface area is 171 Å². The summed E-state index contributed by atoms with van der Waals surface area (Å²) in [6.07, 6.45) is 3.84. The highest BCUT2D eigenvalue weighted by Gasteiger charge is 2.50. The van der Waals surface area contributed by atoms with Crippen molar-refractivity contribution < 1.29 is 19.1 Å². The monoisotopic (exact) mass is 409 g/mol. The number of rotatable bonds is 5. The summed E-state index contributed by atoms with van der Waals surface area (Å²) in [6.45, 7) is 0.545. The minimum atomic E-state index is -0.499. The van der Waals surface area contributed by atoms with Gasteiger partial charge in [0.15, 0.2) is 0 Å². The van der Waals surface area contributed by atoms with Crippen molar-refractivity contribution in [2.24, 2.45) is 23.5 Å². The Bertz CT molecular complexity index is 735. The van der Waals surface area contributed by atoms with Crippen molar-refractivity contribution in [3.05, 3.63) is 18.2 Å². The summed E-state index contributed by atoms with van der Waals surface area (Å²) in [4.78, 5) is 27.4. The van der Waals surface area contributed by atoms with Gasteiger partial charge in [-0.2, -0.15) is 0 Å². The zero-order valence-electron chi connectivity index (χ0n) is 16.2. The largest absolute Gasteiger partial charge is 0.497 e. The maximum atomic E-state index is 12.9. The van der Waals surface area contributed by atoms with Crippen LogP contribution in [0, 0.1) is 17.8 Å². The molecular formula is C20H28ClN3O4. The van der Waals surface area contributed by atoms with Crippen LogP contribution in [0.25, 0.3) is 0 Å². The first-order valence-corrected chi connectivity index (χ1v) is 9.62. The number of amides is 2. The highest BCUT2D eigenvalue weighted by atomic mass is 35.5. The Morgan fingerprint density at radius 1 is 1.11 bits per heavy atom. The Hall–Kier alpha value is -1.99. The van der Waals surface area contributed by atoms with Gasteiger partial charge in [-0.15, -0.1) is 12.4 Å². The van der Waals surface area contributed by atoms with E-state index in [0.717, 1.165) is 19.3 Å². The molecule has 28 heavy (non-hydrogen) atoms. The lowest BCUT2D eigenvalue weighted by molar-refractivity contribution is -0.130. The minimum Gasteiger partial charge on any atom is -0.497 e. The molecule has 2 amide bonds. The fraction of sp³-hybridized carbons (Fsp3) is 0.600. The number of hydrogen-bond acceptors (Lipinski definition) is 5. The molecule has 2 aliphatic carbocycles. The number of benzene rings is 1. The van der Waals surface area contributed by atoms with Crippen LogP contribution in [-0.4, -0.2) is 44.7 Å². The number of methoxy groups -OCH3 is 2. The number of halogens is 1. The number of nitrogens with one attached hydrogen (secondary N) is 1. The fourth-order valence-corrected chi connectivity index (χ4v) is 5.01. The molecule has 3 fully saturated rings. The van der Waals surface area contributed by atoms with Crippen molar-refractivity contribution in [1.29, 1.82) is 0 Å². The van der Waals surface area contributed by atoms with Crippen LogP contribution in [0.1, 0.15) is 25.7 Å². The van der Waals surface area contributed by atoms with Gasteiger partial charge in [0.25, 0.3) is 0 Å². The van der Waals surface area contributed by atoms with Gasteiger partial charge in [-0.3, -0.25) is 9.59 Å². The van der Waals surface area contributed by atoms with Gasteiger partial charge < -0.3 is 25.4 Å². The summed E-state index contributed by atoms with van der Waals surface area (Å²) in [5, 5.41) is 2.97. The SMILES string of the molecule is COc1cc(OC)cc(N2CCC(NC(=O)C3C4CCC(C4)C3N)C2=O)c1.Cl. The molecule has 154 valence electrons. The molecule has 1 aliphatic heterocycles. The highest BCUT2D eigenvalue weighted by Crippen LogP contribution is 2.47. The first kappa shape index (κ1) is 20.7. The molecule has 2 bridgehead atoms. The molecule has 7 nitrogen and oxygen atoms in total. The van der Waals surface area contributed by atoms with E-state index in [4.69, 9.17) is 15.2 Å². The van der Waals surface area contributed by atoms with E-state index in [0.29, 0.717) is 42.0 Å². The van der Waals surface area contributed by atoms with E-state index in [9.17, 15) is 9.59 Å². The molecule has 5 atom stereocenters. The summed E-state index contributed by atoms with van der Waals surface area (Å²) in [5.41, 5.74) is 6.98. The van der Waals surface area contributed by atoms with Crippen LogP contribution in [0.4, 0.5) is 5.69 Å². The smallest absolute Gasteiger partial charge is 0.249 e. The zero-order chi connectivity index (χ0) is 19.1. The number of fused-ring (bicyclic) bond motifs is 2. The Morgan fingerprint density at radius 3 is 2.32 bits per heavy atom. The van der Waals surface area contributed by atoms with Gasteiger partial charge in [0.1, 0.15) is 17.5 Å². The average Bonchev–Trinajstić information content (AvgIpc) is 3.37. The molecule has 0 aromatic heterocycles. The van der Waals surface area contributed by atoms with E-state index < -0.39 is 6.04 Å². The topological polar surface area (TPSA) is 93.9 Å². The first-order valence-electron chi connectivity index (χ1n) is 9.62. The lowest BCUT2D eigenvalue weighted by atomic mass is 9.84. The number of ether oxygens (including phenoxy) is 2. The molecule has 4 rings (SSSR count). The van der Waals surface area contributed by atoms with Crippen molar-refractivity contribution in [2.45, 2.75) is 37.8 Å². The van der Waals surface area contributed by atoms with E-state index in [-0.39, 0.29) is 36.2 Å². The quantitative estimate of drug-likeness (QED) is 0.772. The van der Waals surface area contributed by atoms with Gasteiger partial charge in [-0.05, 0) is 37.5 Å². The lowest BCUT2D eigenvalue weighted by Gasteiger charge is -2.28. The summed E-state index contributed by atoms with van der Waals surface area (Å²) >= 11 is 0.